The number of rotatable bonds is 3. The number of hydrogen-bond donors (Lipinski definition) is 0. The number of para-hydroxylation sites is 1. The molecule has 4 heteroatoms. The topological polar surface area (TPSA) is 18.5 Å². The molecule has 0 bridgehead atoms. The van der Waals surface area contributed by atoms with E-state index in [1.54, 1.807) is 0 Å². The highest BCUT2D eigenvalue weighted by Crippen LogP contribution is 2.77. The van der Waals surface area contributed by atoms with Crippen LogP contribution in [0.1, 0.15) is 24.2 Å². The van der Waals surface area contributed by atoms with E-state index in [0.29, 0.717) is 6.61 Å². The fraction of sp³-hybridized carbons (Fsp3) is 0.333. The quantitative estimate of drug-likeness (QED) is 0.746. The molecule has 2 aromatic carbocycles. The first kappa shape index (κ1) is 14.4. The average Bonchev–Trinajstić information content (AvgIpc) is 3.05. The summed E-state index contributed by atoms with van der Waals surface area (Å²) in [4.78, 5) is 0. The minimum Gasteiger partial charge on any atom is -0.485 e. The van der Waals surface area contributed by atoms with Gasteiger partial charge >= 0.3 is 0 Å². The largest absolute Gasteiger partial charge is 0.485 e. The summed E-state index contributed by atoms with van der Waals surface area (Å²) in [6.07, 6.45) is -0.211. The van der Waals surface area contributed by atoms with E-state index in [0.717, 1.165) is 16.9 Å². The molecule has 1 fully saturated rings. The lowest BCUT2D eigenvalue weighted by molar-refractivity contribution is -0.0118. The second-order valence-corrected chi connectivity index (χ2v) is 7.10. The predicted molar refractivity (Wildman–Crippen MR) is 87.5 cm³/mol. The molecule has 114 valence electrons. The predicted octanol–water partition coefficient (Wildman–Crippen LogP) is 4.86. The molecule has 0 radical (unpaired) electrons. The molecule has 2 aliphatic rings. The third kappa shape index (κ3) is 1.72. The van der Waals surface area contributed by atoms with Crippen molar-refractivity contribution in [2.75, 3.05) is 6.61 Å². The molecule has 2 aromatic rings. The maximum absolute atomic E-state index is 6.68. The maximum Gasteiger partial charge on any atom is 0.161 e. The number of alkyl halides is 2. The molecular weight excluding hydrogens is 319 g/mol. The third-order valence-corrected chi connectivity index (χ3v) is 5.62. The van der Waals surface area contributed by atoms with E-state index in [-0.39, 0.29) is 12.0 Å². The van der Waals surface area contributed by atoms with Crippen molar-refractivity contribution in [3.8, 4) is 5.75 Å². The summed E-state index contributed by atoms with van der Waals surface area (Å²) in [6.45, 7) is 2.51. The molecule has 2 nitrogen and oxygen atoms in total. The monoisotopic (exact) mass is 334 g/mol. The lowest BCUT2D eigenvalue weighted by Gasteiger charge is -2.31. The van der Waals surface area contributed by atoms with Crippen LogP contribution in [0.15, 0.2) is 54.6 Å². The SMILES string of the molecule is CCO[C@@]12c3ccccc3O[C@@H](c3ccccc3)[C@@H]1C2(Cl)Cl. The van der Waals surface area contributed by atoms with Crippen LogP contribution >= 0.6 is 23.2 Å². The van der Waals surface area contributed by atoms with Gasteiger partial charge < -0.3 is 9.47 Å². The van der Waals surface area contributed by atoms with Gasteiger partial charge in [-0.25, -0.2) is 0 Å². The highest BCUT2D eigenvalue weighted by atomic mass is 35.5. The van der Waals surface area contributed by atoms with E-state index in [2.05, 4.69) is 0 Å². The van der Waals surface area contributed by atoms with Crippen molar-refractivity contribution in [2.45, 2.75) is 23.0 Å². The molecule has 0 aromatic heterocycles. The van der Waals surface area contributed by atoms with Gasteiger partial charge in [-0.3, -0.25) is 0 Å². The summed E-state index contributed by atoms with van der Waals surface area (Å²) in [5, 5.41) is 0. The molecule has 1 aliphatic heterocycles. The second kappa shape index (κ2) is 4.89. The van der Waals surface area contributed by atoms with Crippen LogP contribution in [0.2, 0.25) is 0 Å². The molecule has 1 saturated carbocycles. The van der Waals surface area contributed by atoms with Gasteiger partial charge in [-0.1, -0.05) is 71.7 Å². The Hall–Kier alpha value is -1.22. The molecule has 22 heavy (non-hydrogen) atoms. The summed E-state index contributed by atoms with van der Waals surface area (Å²) in [6, 6.07) is 17.9. The van der Waals surface area contributed by atoms with E-state index in [1.165, 1.54) is 0 Å². The number of hydrogen-bond acceptors (Lipinski definition) is 2. The fourth-order valence-electron chi connectivity index (χ4n) is 3.63. The van der Waals surface area contributed by atoms with Crippen LogP contribution in [0.5, 0.6) is 5.75 Å². The molecule has 3 atom stereocenters. The van der Waals surface area contributed by atoms with Crippen molar-refractivity contribution in [1.82, 2.24) is 0 Å². The van der Waals surface area contributed by atoms with Crippen LogP contribution < -0.4 is 4.74 Å². The van der Waals surface area contributed by atoms with Gasteiger partial charge in [0, 0.05) is 12.2 Å². The number of ether oxygens (including phenoxy) is 2. The first-order chi connectivity index (χ1) is 10.6. The fourth-order valence-corrected chi connectivity index (χ4v) is 4.61. The van der Waals surface area contributed by atoms with Crippen molar-refractivity contribution >= 4 is 23.2 Å². The van der Waals surface area contributed by atoms with Crippen LogP contribution in [0, 0.1) is 5.92 Å². The summed E-state index contributed by atoms with van der Waals surface area (Å²) in [5.74, 6) is 0.671. The van der Waals surface area contributed by atoms with Crippen molar-refractivity contribution in [3.63, 3.8) is 0 Å². The van der Waals surface area contributed by atoms with Crippen molar-refractivity contribution < 1.29 is 9.47 Å². The summed E-state index contributed by atoms with van der Waals surface area (Å²) in [7, 11) is 0. The molecule has 1 aliphatic carbocycles. The van der Waals surface area contributed by atoms with Gasteiger partial charge in [0.05, 0.1) is 5.92 Å². The van der Waals surface area contributed by atoms with E-state index >= 15 is 0 Å². The van der Waals surface area contributed by atoms with Crippen LogP contribution in [0.3, 0.4) is 0 Å². The molecule has 0 unspecified atom stereocenters. The first-order valence-electron chi connectivity index (χ1n) is 7.46. The lowest BCUT2D eigenvalue weighted by Crippen LogP contribution is -2.27. The van der Waals surface area contributed by atoms with E-state index in [4.69, 9.17) is 32.7 Å². The maximum atomic E-state index is 6.68. The van der Waals surface area contributed by atoms with Gasteiger partial charge in [-0.15, -0.1) is 0 Å². The Kier molecular flexibility index (Phi) is 3.19. The number of fused-ring (bicyclic) bond motifs is 3. The minimum atomic E-state index is -0.990. The third-order valence-electron chi connectivity index (χ3n) is 4.58. The van der Waals surface area contributed by atoms with Crippen molar-refractivity contribution in [2.24, 2.45) is 5.92 Å². The molecule has 0 N–H and O–H groups in total. The van der Waals surface area contributed by atoms with Crippen LogP contribution in [-0.4, -0.2) is 10.9 Å². The first-order valence-corrected chi connectivity index (χ1v) is 8.21. The molecule has 4 rings (SSSR count). The number of benzene rings is 2. The Morgan fingerprint density at radius 2 is 1.73 bits per heavy atom. The van der Waals surface area contributed by atoms with Gasteiger partial charge in [0.2, 0.25) is 0 Å². The zero-order valence-electron chi connectivity index (χ0n) is 12.1. The normalized spacial score (nSPS) is 30.9. The minimum absolute atomic E-state index is 0.124. The second-order valence-electron chi connectivity index (χ2n) is 5.71. The Labute approximate surface area is 140 Å². The Morgan fingerprint density at radius 1 is 1.05 bits per heavy atom. The summed E-state index contributed by atoms with van der Waals surface area (Å²) in [5.41, 5.74) is 1.31. The molecule has 0 spiro atoms. The van der Waals surface area contributed by atoms with Crippen molar-refractivity contribution in [1.29, 1.82) is 0 Å². The lowest BCUT2D eigenvalue weighted by atomic mass is 9.95. The van der Waals surface area contributed by atoms with Gasteiger partial charge in [0.15, 0.2) is 4.33 Å². The zero-order valence-corrected chi connectivity index (χ0v) is 13.6. The average molecular weight is 335 g/mol. The highest BCUT2D eigenvalue weighted by Gasteiger charge is 2.83. The standard InChI is InChI=1S/C18H16Cl2O2/c1-2-21-17-13-10-6-7-11-14(13)22-15(16(17)18(17,19)20)12-8-4-3-5-9-12/h3-11,15-16H,2H2,1H3/t15-,16-,17-/m0/s1. The smallest absolute Gasteiger partial charge is 0.161 e. The van der Waals surface area contributed by atoms with Gasteiger partial charge in [0.25, 0.3) is 0 Å². The van der Waals surface area contributed by atoms with E-state index < -0.39 is 9.93 Å². The Morgan fingerprint density at radius 3 is 2.45 bits per heavy atom. The zero-order chi connectivity index (χ0) is 15.4. The van der Waals surface area contributed by atoms with E-state index in [1.807, 2.05) is 61.5 Å². The van der Waals surface area contributed by atoms with Crippen LogP contribution in [0.25, 0.3) is 0 Å². The molecular formula is C18H16Cl2O2. The van der Waals surface area contributed by atoms with Gasteiger partial charge in [-0.2, -0.15) is 0 Å². The van der Waals surface area contributed by atoms with Gasteiger partial charge in [0.1, 0.15) is 17.5 Å². The molecule has 1 heterocycles. The highest BCUT2D eigenvalue weighted by molar-refractivity contribution is 6.52. The van der Waals surface area contributed by atoms with Crippen LogP contribution in [-0.2, 0) is 10.3 Å². The summed E-state index contributed by atoms with van der Waals surface area (Å²) >= 11 is 13.4. The Bertz CT molecular complexity index is 701. The van der Waals surface area contributed by atoms with Crippen molar-refractivity contribution in [3.05, 3.63) is 65.7 Å². The van der Waals surface area contributed by atoms with Gasteiger partial charge in [-0.05, 0) is 18.6 Å². The number of halogens is 2. The Balaban J connectivity index is 1.88. The van der Waals surface area contributed by atoms with E-state index in [9.17, 15) is 0 Å². The summed E-state index contributed by atoms with van der Waals surface area (Å²) < 4.78 is 11.3. The molecule has 0 amide bonds. The molecule has 0 saturated heterocycles. The van der Waals surface area contributed by atoms with Crippen LogP contribution in [0.4, 0.5) is 0 Å².